The Hall–Kier alpha value is -3.62. The van der Waals surface area contributed by atoms with E-state index in [1.807, 2.05) is 48.5 Å². The van der Waals surface area contributed by atoms with Crippen LogP contribution in [0.1, 0.15) is 37.9 Å². The van der Waals surface area contributed by atoms with Gasteiger partial charge in [0.25, 0.3) is 0 Å². The molecule has 3 N–H and O–H groups in total. The Kier molecular flexibility index (Phi) is 5.86. The molecule has 1 saturated carbocycles. The number of amides is 1. The minimum atomic E-state index is -0.839. The van der Waals surface area contributed by atoms with Crippen molar-refractivity contribution >= 4 is 23.2 Å². The van der Waals surface area contributed by atoms with Crippen molar-refractivity contribution in [2.24, 2.45) is 0 Å². The van der Waals surface area contributed by atoms with Crippen LogP contribution < -0.4 is 5.32 Å². The van der Waals surface area contributed by atoms with E-state index in [2.05, 4.69) is 30.9 Å². The Bertz CT molecular complexity index is 1360. The van der Waals surface area contributed by atoms with Gasteiger partial charge in [-0.1, -0.05) is 35.9 Å². The number of nitrogens with zero attached hydrogens (tertiary/aromatic N) is 4. The van der Waals surface area contributed by atoms with Crippen LogP contribution in [0.3, 0.4) is 0 Å². The first kappa shape index (κ1) is 23.1. The van der Waals surface area contributed by atoms with Gasteiger partial charge in [0.15, 0.2) is 0 Å². The predicted molar refractivity (Wildman–Crippen MR) is 134 cm³/mol. The van der Waals surface area contributed by atoms with Gasteiger partial charge < -0.3 is 10.4 Å². The molecule has 4 aromatic rings. The average molecular weight is 489 g/mol. The number of benzene rings is 2. The number of anilines is 1. The van der Waals surface area contributed by atoms with Crippen LogP contribution in [0.4, 0.5) is 5.69 Å². The van der Waals surface area contributed by atoms with E-state index >= 15 is 0 Å². The van der Waals surface area contributed by atoms with E-state index in [1.165, 1.54) is 0 Å². The number of aromatic nitrogens is 5. The van der Waals surface area contributed by atoms with Crippen molar-refractivity contribution in [1.29, 1.82) is 0 Å². The number of tetrazole rings is 1. The van der Waals surface area contributed by atoms with E-state index in [-0.39, 0.29) is 5.91 Å². The zero-order chi connectivity index (χ0) is 24.6. The number of hydrogen-bond donors (Lipinski definition) is 3. The van der Waals surface area contributed by atoms with Gasteiger partial charge in [0.05, 0.1) is 11.0 Å². The van der Waals surface area contributed by atoms with Crippen molar-refractivity contribution in [1.82, 2.24) is 25.6 Å². The van der Waals surface area contributed by atoms with E-state index in [1.54, 1.807) is 26.1 Å². The molecule has 0 radical (unpaired) electrons. The summed E-state index contributed by atoms with van der Waals surface area (Å²) in [6.45, 7) is 3.50. The van der Waals surface area contributed by atoms with Crippen molar-refractivity contribution in [2.45, 2.75) is 44.1 Å². The second-order valence-electron chi connectivity index (χ2n) is 9.57. The maximum atomic E-state index is 13.3. The lowest BCUT2D eigenvalue weighted by Crippen LogP contribution is -2.27. The molecule has 178 valence electrons. The van der Waals surface area contributed by atoms with Gasteiger partial charge in [0.2, 0.25) is 11.7 Å². The lowest BCUT2D eigenvalue weighted by molar-refractivity contribution is -0.118. The first-order valence-electron chi connectivity index (χ1n) is 11.4. The molecule has 0 atom stereocenters. The lowest BCUT2D eigenvalue weighted by atomic mass is 9.94. The molecule has 1 aliphatic carbocycles. The number of aromatic amines is 1. The lowest BCUT2D eigenvalue weighted by Gasteiger charge is -2.18. The summed E-state index contributed by atoms with van der Waals surface area (Å²) >= 11 is 6.17. The first-order chi connectivity index (χ1) is 16.7. The molecule has 5 rings (SSSR count). The summed E-state index contributed by atoms with van der Waals surface area (Å²) < 4.78 is 0. The average Bonchev–Trinajstić information content (AvgIpc) is 3.46. The molecule has 1 amide bonds. The fourth-order valence-corrected chi connectivity index (χ4v) is 4.47. The van der Waals surface area contributed by atoms with Crippen LogP contribution in [-0.2, 0) is 16.6 Å². The van der Waals surface area contributed by atoms with E-state index in [0.29, 0.717) is 28.5 Å². The third-order valence-electron chi connectivity index (χ3n) is 6.18. The molecule has 0 spiro atoms. The first-order valence-corrected chi connectivity index (χ1v) is 11.7. The Morgan fingerprint density at radius 2 is 1.97 bits per heavy atom. The van der Waals surface area contributed by atoms with Crippen molar-refractivity contribution in [2.75, 3.05) is 5.32 Å². The summed E-state index contributed by atoms with van der Waals surface area (Å²) in [5, 5.41) is 28.2. The molecular formula is C26H25ClN6O2. The molecule has 0 bridgehead atoms. The van der Waals surface area contributed by atoms with Gasteiger partial charge in [-0.15, -0.1) is 10.2 Å². The van der Waals surface area contributed by atoms with Gasteiger partial charge in [0.1, 0.15) is 0 Å². The van der Waals surface area contributed by atoms with E-state index in [9.17, 15) is 9.90 Å². The summed E-state index contributed by atoms with van der Waals surface area (Å²) in [7, 11) is 0. The van der Waals surface area contributed by atoms with Crippen LogP contribution in [0, 0.1) is 0 Å². The summed E-state index contributed by atoms with van der Waals surface area (Å²) in [4.78, 5) is 17.8. The number of H-pyrrole nitrogens is 1. The largest absolute Gasteiger partial charge is 0.390 e. The SMILES string of the molecule is CC(C)(O)Cc1ccc(-c2ccc(NC(=O)C3(c4cccc(Cl)c4)CC3)cc2-c2nn[nH]n2)cn1. The maximum Gasteiger partial charge on any atom is 0.235 e. The highest BCUT2D eigenvalue weighted by Gasteiger charge is 2.51. The molecule has 1 fully saturated rings. The van der Waals surface area contributed by atoms with Crippen LogP contribution in [0.15, 0.2) is 60.8 Å². The summed E-state index contributed by atoms with van der Waals surface area (Å²) in [5.41, 5.74) is 3.38. The smallest absolute Gasteiger partial charge is 0.235 e. The molecule has 8 nitrogen and oxygen atoms in total. The van der Waals surface area contributed by atoms with Crippen molar-refractivity contribution in [3.05, 3.63) is 77.1 Å². The van der Waals surface area contributed by atoms with Crippen LogP contribution in [-0.4, -0.2) is 42.2 Å². The number of nitrogens with one attached hydrogen (secondary N) is 2. The minimum Gasteiger partial charge on any atom is -0.390 e. The van der Waals surface area contributed by atoms with Gasteiger partial charge in [-0.3, -0.25) is 9.78 Å². The molecule has 0 unspecified atom stereocenters. The summed E-state index contributed by atoms with van der Waals surface area (Å²) in [5.74, 6) is 0.344. The second-order valence-corrected chi connectivity index (χ2v) is 10.0. The number of halogens is 1. The van der Waals surface area contributed by atoms with E-state index in [0.717, 1.165) is 35.2 Å². The number of carbonyl (C=O) groups is 1. The van der Waals surface area contributed by atoms with Crippen LogP contribution in [0.2, 0.25) is 5.02 Å². The molecule has 1 aliphatic rings. The number of hydrogen-bond acceptors (Lipinski definition) is 6. The Morgan fingerprint density at radius 3 is 2.60 bits per heavy atom. The van der Waals surface area contributed by atoms with Crippen LogP contribution >= 0.6 is 11.6 Å². The zero-order valence-electron chi connectivity index (χ0n) is 19.4. The molecule has 2 heterocycles. The number of rotatable bonds is 7. The third kappa shape index (κ3) is 4.94. The van der Waals surface area contributed by atoms with Crippen molar-refractivity contribution in [3.63, 3.8) is 0 Å². The molecule has 2 aromatic heterocycles. The van der Waals surface area contributed by atoms with Crippen LogP contribution in [0.25, 0.3) is 22.5 Å². The normalized spacial score (nSPS) is 14.5. The van der Waals surface area contributed by atoms with E-state index in [4.69, 9.17) is 11.6 Å². The fourth-order valence-electron chi connectivity index (χ4n) is 4.27. The molecule has 0 aliphatic heterocycles. The fraction of sp³-hybridized carbons (Fsp3) is 0.269. The minimum absolute atomic E-state index is 0.0655. The highest BCUT2D eigenvalue weighted by molar-refractivity contribution is 6.30. The molecule has 35 heavy (non-hydrogen) atoms. The number of pyridine rings is 1. The Morgan fingerprint density at radius 1 is 1.14 bits per heavy atom. The predicted octanol–water partition coefficient (Wildman–Crippen LogP) is 4.57. The molecule has 0 saturated heterocycles. The number of aliphatic hydroxyl groups is 1. The van der Waals surface area contributed by atoms with Gasteiger partial charge in [-0.25, -0.2) is 0 Å². The zero-order valence-corrected chi connectivity index (χ0v) is 20.2. The quantitative estimate of drug-likeness (QED) is 0.351. The highest BCUT2D eigenvalue weighted by Crippen LogP contribution is 2.49. The molecule has 2 aromatic carbocycles. The summed E-state index contributed by atoms with van der Waals surface area (Å²) in [6.07, 6.45) is 3.76. The van der Waals surface area contributed by atoms with Crippen molar-refractivity contribution in [3.8, 4) is 22.5 Å². The standard InChI is InChI=1S/C26H25ClN6O2/c1-25(2,35)14-20-7-6-16(15-28-20)21-9-8-19(13-22(21)23-30-32-33-31-23)29-24(34)26(10-11-26)17-4-3-5-18(27)12-17/h3-9,12-13,15,35H,10-11,14H2,1-2H3,(H,29,34)(H,30,31,32,33). The molecule has 9 heteroatoms. The van der Waals surface area contributed by atoms with Gasteiger partial charge >= 0.3 is 0 Å². The number of carbonyl (C=O) groups excluding carboxylic acids is 1. The van der Waals surface area contributed by atoms with Crippen molar-refractivity contribution < 1.29 is 9.90 Å². The Balaban J connectivity index is 1.44. The molecular weight excluding hydrogens is 464 g/mol. The van der Waals surface area contributed by atoms with Gasteiger partial charge in [-0.2, -0.15) is 5.21 Å². The highest BCUT2D eigenvalue weighted by atomic mass is 35.5. The summed E-state index contributed by atoms with van der Waals surface area (Å²) in [6, 6.07) is 16.9. The monoisotopic (exact) mass is 488 g/mol. The second kappa shape index (κ2) is 8.87. The van der Waals surface area contributed by atoms with Gasteiger partial charge in [0, 0.05) is 40.1 Å². The van der Waals surface area contributed by atoms with E-state index < -0.39 is 11.0 Å². The third-order valence-corrected chi connectivity index (χ3v) is 6.41. The Labute approximate surface area is 207 Å². The van der Waals surface area contributed by atoms with Gasteiger partial charge in [-0.05, 0) is 73.4 Å². The topological polar surface area (TPSA) is 117 Å². The van der Waals surface area contributed by atoms with Crippen LogP contribution in [0.5, 0.6) is 0 Å². The maximum absolute atomic E-state index is 13.3.